The van der Waals surface area contributed by atoms with E-state index in [1.54, 1.807) is 0 Å². The molecule has 1 amide bonds. The SMILES string of the molecule is C[C@@H]([C@H](N)C(=O)N[C@H](C(=O)O)[C@H]1O[C@@H](n2ccc(=O)[nH]c2=O)[C@H](O)[C@@H]1O)[C@H](O)c1cc(Br)c(O)c(Br)n1. The quantitative estimate of drug-likeness (QED) is 0.145. The van der Waals surface area contributed by atoms with Crippen molar-refractivity contribution in [2.24, 2.45) is 11.7 Å². The fourth-order valence-corrected chi connectivity index (χ4v) is 4.81. The van der Waals surface area contributed by atoms with E-state index in [9.17, 15) is 44.7 Å². The first-order chi connectivity index (χ1) is 17.2. The van der Waals surface area contributed by atoms with Crippen molar-refractivity contribution in [1.29, 1.82) is 0 Å². The van der Waals surface area contributed by atoms with Gasteiger partial charge >= 0.3 is 11.7 Å². The molecule has 0 radical (unpaired) electrons. The highest BCUT2D eigenvalue weighted by atomic mass is 79.9. The van der Waals surface area contributed by atoms with Crippen molar-refractivity contribution in [2.75, 3.05) is 0 Å². The number of aliphatic carboxylic acids is 1. The molecule has 0 saturated carbocycles. The molecule has 0 aromatic carbocycles. The molecule has 37 heavy (non-hydrogen) atoms. The number of hydrogen-bond acceptors (Lipinski definition) is 11. The van der Waals surface area contributed by atoms with E-state index < -0.39 is 71.8 Å². The zero-order valence-electron chi connectivity index (χ0n) is 18.9. The summed E-state index contributed by atoms with van der Waals surface area (Å²) in [7, 11) is 0. The Morgan fingerprint density at radius 2 is 1.92 bits per heavy atom. The Morgan fingerprint density at radius 1 is 1.27 bits per heavy atom. The third kappa shape index (κ3) is 5.92. The van der Waals surface area contributed by atoms with E-state index in [4.69, 9.17) is 10.5 Å². The smallest absolute Gasteiger partial charge is 0.330 e. The summed E-state index contributed by atoms with van der Waals surface area (Å²) in [5.74, 6) is -3.91. The molecule has 1 aliphatic rings. The molecule has 15 nitrogen and oxygen atoms in total. The Hall–Kier alpha value is -2.67. The maximum atomic E-state index is 12.8. The number of aromatic amines is 1. The van der Waals surface area contributed by atoms with Gasteiger partial charge in [0.25, 0.3) is 5.56 Å². The van der Waals surface area contributed by atoms with Gasteiger partial charge in [-0.2, -0.15) is 0 Å². The fraction of sp³-hybridized carbons (Fsp3) is 0.450. The Morgan fingerprint density at radius 3 is 2.49 bits per heavy atom. The normalized spacial score (nSPS) is 24.7. The minimum atomic E-state index is -1.92. The van der Waals surface area contributed by atoms with Crippen LogP contribution >= 0.6 is 31.9 Å². The van der Waals surface area contributed by atoms with Crippen LogP contribution in [-0.2, 0) is 14.3 Å². The van der Waals surface area contributed by atoms with E-state index in [0.29, 0.717) is 0 Å². The predicted molar refractivity (Wildman–Crippen MR) is 130 cm³/mol. The van der Waals surface area contributed by atoms with Crippen molar-refractivity contribution < 1.29 is 39.9 Å². The van der Waals surface area contributed by atoms with E-state index >= 15 is 0 Å². The van der Waals surface area contributed by atoms with Crippen molar-refractivity contribution in [1.82, 2.24) is 19.9 Å². The maximum absolute atomic E-state index is 12.8. The second-order valence-corrected chi connectivity index (χ2v) is 9.92. The molecule has 202 valence electrons. The number of H-pyrrole nitrogens is 1. The Bertz CT molecular complexity index is 1280. The summed E-state index contributed by atoms with van der Waals surface area (Å²) in [6, 6.07) is -1.13. The molecule has 0 spiro atoms. The molecule has 3 rings (SSSR count). The highest BCUT2D eigenvalue weighted by Crippen LogP contribution is 2.35. The van der Waals surface area contributed by atoms with E-state index in [2.05, 4.69) is 42.2 Å². The van der Waals surface area contributed by atoms with Crippen molar-refractivity contribution in [3.8, 4) is 5.75 Å². The van der Waals surface area contributed by atoms with Crippen molar-refractivity contribution in [3.05, 3.63) is 53.9 Å². The molecule has 0 bridgehead atoms. The van der Waals surface area contributed by atoms with Crippen LogP contribution in [0.25, 0.3) is 0 Å². The number of hydrogen-bond donors (Lipinski definition) is 8. The number of rotatable bonds is 8. The molecule has 2 aromatic heterocycles. The summed E-state index contributed by atoms with van der Waals surface area (Å²) in [4.78, 5) is 54.1. The number of aliphatic hydroxyl groups excluding tert-OH is 3. The molecule has 1 aliphatic heterocycles. The van der Waals surface area contributed by atoms with E-state index in [1.807, 2.05) is 4.98 Å². The van der Waals surface area contributed by atoms with Crippen LogP contribution < -0.4 is 22.3 Å². The van der Waals surface area contributed by atoms with Gasteiger partial charge in [0.15, 0.2) is 18.0 Å². The number of amides is 1. The average molecular weight is 653 g/mol. The van der Waals surface area contributed by atoms with Crippen LogP contribution in [0.2, 0.25) is 0 Å². The minimum absolute atomic E-state index is 0.0224. The number of aromatic nitrogens is 3. The lowest BCUT2D eigenvalue weighted by Gasteiger charge is -2.28. The number of pyridine rings is 1. The number of carboxylic acid groups (broad SMARTS) is 1. The lowest BCUT2D eigenvalue weighted by molar-refractivity contribution is -0.149. The Labute approximate surface area is 224 Å². The van der Waals surface area contributed by atoms with Gasteiger partial charge in [0.2, 0.25) is 5.91 Å². The summed E-state index contributed by atoms with van der Waals surface area (Å²) in [5, 5.41) is 53.1. The Kier molecular flexibility index (Phi) is 8.89. The van der Waals surface area contributed by atoms with E-state index in [-0.39, 0.29) is 20.5 Å². The predicted octanol–water partition coefficient (Wildman–Crippen LogP) is -1.95. The zero-order chi connectivity index (χ0) is 27.8. The number of nitrogens with one attached hydrogen (secondary N) is 2. The summed E-state index contributed by atoms with van der Waals surface area (Å²) in [6.07, 6.45) is -7.37. The van der Waals surface area contributed by atoms with Crippen LogP contribution in [-0.4, -0.2) is 82.3 Å². The topological polar surface area (TPSA) is 250 Å². The monoisotopic (exact) mass is 651 g/mol. The fourth-order valence-electron chi connectivity index (χ4n) is 3.70. The maximum Gasteiger partial charge on any atom is 0.330 e. The second kappa shape index (κ2) is 11.4. The molecule has 1 fully saturated rings. The number of carbonyl (C=O) groups is 2. The second-order valence-electron chi connectivity index (χ2n) is 8.31. The third-order valence-corrected chi connectivity index (χ3v) is 7.04. The number of nitrogens with two attached hydrogens (primary N) is 1. The van der Waals surface area contributed by atoms with Gasteiger partial charge in [-0.15, -0.1) is 0 Å². The minimum Gasteiger partial charge on any atom is -0.504 e. The van der Waals surface area contributed by atoms with Crippen LogP contribution in [0.3, 0.4) is 0 Å². The van der Waals surface area contributed by atoms with Gasteiger partial charge < -0.3 is 41.3 Å². The van der Waals surface area contributed by atoms with Crippen LogP contribution in [0.4, 0.5) is 0 Å². The van der Waals surface area contributed by atoms with Gasteiger partial charge in [-0.05, 0) is 37.9 Å². The van der Waals surface area contributed by atoms with Crippen LogP contribution in [0.15, 0.2) is 37.0 Å². The highest BCUT2D eigenvalue weighted by molar-refractivity contribution is 9.11. The van der Waals surface area contributed by atoms with Crippen LogP contribution in [0.5, 0.6) is 5.75 Å². The molecule has 1 saturated heterocycles. The van der Waals surface area contributed by atoms with E-state index in [1.165, 1.54) is 13.0 Å². The van der Waals surface area contributed by atoms with Crippen LogP contribution in [0.1, 0.15) is 24.9 Å². The standard InChI is InChI=1S/C20H23Br2N5O10/c1-5(11(29)7-4-6(21)12(30)16(22)24-7)9(23)17(33)26-10(19(34)35)15-13(31)14(32)18(37-15)27-3-2-8(28)25-20(27)36/h2-5,9-11,13-15,18,29-32H,23H2,1H3,(H,26,33)(H,34,35)(H,25,28,36)/t5-,9-,10-,11-,13-,14+,15+,18+/m0/s1. The van der Waals surface area contributed by atoms with Crippen molar-refractivity contribution in [3.63, 3.8) is 0 Å². The van der Waals surface area contributed by atoms with Crippen LogP contribution in [0, 0.1) is 5.92 Å². The molecular formula is C20H23Br2N5O10. The van der Waals surface area contributed by atoms with Gasteiger partial charge in [-0.3, -0.25) is 19.1 Å². The number of halogens is 2. The van der Waals surface area contributed by atoms with Gasteiger partial charge in [0.1, 0.15) is 29.0 Å². The number of aliphatic hydroxyl groups is 3. The van der Waals surface area contributed by atoms with Gasteiger partial charge in [-0.25, -0.2) is 14.6 Å². The first-order valence-corrected chi connectivity index (χ1v) is 12.2. The average Bonchev–Trinajstić information content (AvgIpc) is 3.12. The van der Waals surface area contributed by atoms with Gasteiger partial charge in [0.05, 0.1) is 16.2 Å². The first kappa shape index (κ1) is 28.9. The highest BCUT2D eigenvalue weighted by Gasteiger charge is 2.50. The number of carboxylic acids is 1. The van der Waals surface area contributed by atoms with Gasteiger partial charge in [-0.1, -0.05) is 6.92 Å². The Balaban J connectivity index is 1.78. The number of nitrogens with zero attached hydrogens (tertiary/aromatic N) is 2. The lowest BCUT2D eigenvalue weighted by Crippen LogP contribution is -2.57. The molecule has 0 unspecified atom stereocenters. The molecule has 2 aromatic rings. The molecule has 17 heteroatoms. The number of ether oxygens (including phenoxy) is 1. The van der Waals surface area contributed by atoms with Crippen molar-refractivity contribution in [2.45, 2.75) is 49.7 Å². The molecule has 8 atom stereocenters. The third-order valence-electron chi connectivity index (χ3n) is 5.89. The summed E-state index contributed by atoms with van der Waals surface area (Å²) in [5.41, 5.74) is 4.31. The summed E-state index contributed by atoms with van der Waals surface area (Å²) >= 11 is 6.13. The largest absolute Gasteiger partial charge is 0.504 e. The number of aromatic hydroxyl groups is 1. The molecule has 3 heterocycles. The molecular weight excluding hydrogens is 630 g/mol. The summed E-state index contributed by atoms with van der Waals surface area (Å²) < 4.78 is 6.41. The van der Waals surface area contributed by atoms with Crippen molar-refractivity contribution >= 4 is 43.7 Å². The number of carbonyl (C=O) groups excluding carboxylic acids is 1. The summed E-state index contributed by atoms with van der Waals surface area (Å²) in [6.45, 7) is 1.41. The lowest BCUT2D eigenvalue weighted by atomic mass is 9.92. The van der Waals surface area contributed by atoms with E-state index in [0.717, 1.165) is 16.8 Å². The molecule has 0 aliphatic carbocycles. The first-order valence-electron chi connectivity index (χ1n) is 10.6. The zero-order valence-corrected chi connectivity index (χ0v) is 22.0. The molecule has 9 N–H and O–H groups in total. The van der Waals surface area contributed by atoms with Gasteiger partial charge in [0, 0.05) is 18.2 Å².